The van der Waals surface area contributed by atoms with Gasteiger partial charge in [0.05, 0.1) is 6.04 Å². The Balaban J connectivity index is 1.87. The molecule has 0 radical (unpaired) electrons. The van der Waals surface area contributed by atoms with Crippen LogP contribution < -0.4 is 5.32 Å². The number of alkyl halides is 3. The van der Waals surface area contributed by atoms with Crippen LogP contribution in [0.15, 0.2) is 35.5 Å². The van der Waals surface area contributed by atoms with Crippen LogP contribution in [0.25, 0.3) is 5.82 Å². The summed E-state index contributed by atoms with van der Waals surface area (Å²) < 4.78 is 39.4. The Morgan fingerprint density at radius 3 is 2.71 bits per heavy atom. The van der Waals surface area contributed by atoms with E-state index in [4.69, 9.17) is 16.9 Å². The number of hydrogen-bond donors (Lipinski definition) is 1. The molecule has 0 aliphatic carbocycles. The van der Waals surface area contributed by atoms with Gasteiger partial charge in [0.15, 0.2) is 11.6 Å². The largest absolute Gasteiger partial charge is 0.446 e. The van der Waals surface area contributed by atoms with E-state index in [2.05, 4.69) is 25.4 Å². The van der Waals surface area contributed by atoms with Crippen LogP contribution in [0.5, 0.6) is 0 Å². The summed E-state index contributed by atoms with van der Waals surface area (Å²) in [6.45, 7) is 3.26. The van der Waals surface area contributed by atoms with E-state index in [9.17, 15) is 18.0 Å². The van der Waals surface area contributed by atoms with E-state index >= 15 is 0 Å². The number of nitrogens with zero attached hydrogens (tertiary/aromatic N) is 6. The van der Waals surface area contributed by atoms with Crippen molar-refractivity contribution in [2.24, 2.45) is 0 Å². The second-order valence-corrected chi connectivity index (χ2v) is 7.80. The molecule has 31 heavy (non-hydrogen) atoms. The number of nitriles is 1. The first kappa shape index (κ1) is 22.5. The maximum Gasteiger partial charge on any atom is 0.446 e. The molecule has 1 atom stereocenters. The number of carbonyl (C=O) groups excluding carboxylic acids is 1. The molecule has 1 amide bonds. The van der Waals surface area contributed by atoms with Gasteiger partial charge in [0.25, 0.3) is 5.91 Å². The molecular formula is C18H13ClF3N7OS. The van der Waals surface area contributed by atoms with Crippen molar-refractivity contribution in [3.8, 4) is 11.9 Å². The van der Waals surface area contributed by atoms with Gasteiger partial charge < -0.3 is 5.32 Å². The predicted octanol–water partition coefficient (Wildman–Crippen LogP) is 3.99. The second-order valence-electron chi connectivity index (χ2n) is 6.22. The molecule has 2 heterocycles. The highest BCUT2D eigenvalue weighted by atomic mass is 35.5. The summed E-state index contributed by atoms with van der Waals surface area (Å²) in [5, 5.41) is 15.9. The average molecular weight is 468 g/mol. The summed E-state index contributed by atoms with van der Waals surface area (Å²) in [7, 11) is 0. The summed E-state index contributed by atoms with van der Waals surface area (Å²) in [6.07, 6.45) is 1.20. The van der Waals surface area contributed by atoms with Crippen LogP contribution in [-0.4, -0.2) is 36.1 Å². The van der Waals surface area contributed by atoms with Gasteiger partial charge in [-0.15, -0.1) is 5.10 Å². The maximum absolute atomic E-state index is 12.7. The quantitative estimate of drug-likeness (QED) is 0.565. The molecule has 8 nitrogen and oxygen atoms in total. The van der Waals surface area contributed by atoms with Crippen LogP contribution >= 0.6 is 23.4 Å². The minimum Gasteiger partial charge on any atom is -0.342 e. The molecule has 0 fully saturated rings. The monoisotopic (exact) mass is 467 g/mol. The number of benzene rings is 1. The van der Waals surface area contributed by atoms with Gasteiger partial charge in [0, 0.05) is 21.5 Å². The third kappa shape index (κ3) is 5.71. The van der Waals surface area contributed by atoms with Crippen LogP contribution in [-0.2, 0) is 0 Å². The van der Waals surface area contributed by atoms with Gasteiger partial charge in [-0.3, -0.25) is 4.79 Å². The lowest BCUT2D eigenvalue weighted by Crippen LogP contribution is -2.29. The molecule has 0 bridgehead atoms. The summed E-state index contributed by atoms with van der Waals surface area (Å²) in [4.78, 5) is 24.6. The van der Waals surface area contributed by atoms with Gasteiger partial charge in [-0.2, -0.15) is 23.1 Å². The number of nitrogens with one attached hydrogen (secondary N) is 1. The lowest BCUT2D eigenvalue weighted by atomic mass is 10.2. The van der Waals surface area contributed by atoms with Gasteiger partial charge in [0.2, 0.25) is 0 Å². The molecule has 0 unspecified atom stereocenters. The van der Waals surface area contributed by atoms with Crippen LogP contribution in [0.2, 0.25) is 5.02 Å². The molecule has 2 aromatic heterocycles. The molecule has 13 heteroatoms. The van der Waals surface area contributed by atoms with Crippen molar-refractivity contribution in [1.29, 1.82) is 5.26 Å². The van der Waals surface area contributed by atoms with Crippen molar-refractivity contribution in [3.63, 3.8) is 0 Å². The maximum atomic E-state index is 12.7. The molecular weight excluding hydrogens is 455 g/mol. The predicted molar refractivity (Wildman–Crippen MR) is 106 cm³/mol. The van der Waals surface area contributed by atoms with Crippen LogP contribution in [0, 0.1) is 18.3 Å². The molecule has 0 aliphatic heterocycles. The number of rotatable bonds is 5. The first-order chi connectivity index (χ1) is 14.6. The Morgan fingerprint density at radius 1 is 1.29 bits per heavy atom. The number of hydrogen-bond acceptors (Lipinski definition) is 7. The molecule has 0 spiro atoms. The number of aryl methyl sites for hydroxylation is 1. The van der Waals surface area contributed by atoms with Crippen LogP contribution in [0.4, 0.5) is 13.2 Å². The average Bonchev–Trinajstić information content (AvgIpc) is 3.08. The van der Waals surface area contributed by atoms with E-state index in [0.29, 0.717) is 11.6 Å². The molecule has 0 saturated heterocycles. The standard InChI is InChI=1S/C18H13ClF3N7OS/c1-9(16-27-10(2)28-29(16)15-6-13(7-23)24-8-25-15)26-17(30)11-3-12(19)5-14(4-11)31-18(20,21)22/h3-6,8-9H,1-2H3,(H,26,30)/t9-/m0/s1. The molecule has 3 aromatic rings. The fourth-order valence-electron chi connectivity index (χ4n) is 2.64. The zero-order valence-corrected chi connectivity index (χ0v) is 17.5. The Hall–Kier alpha value is -3.17. The van der Waals surface area contributed by atoms with E-state index in [1.54, 1.807) is 13.8 Å². The molecule has 1 aromatic carbocycles. The number of carbonyl (C=O) groups is 1. The van der Waals surface area contributed by atoms with Crippen molar-refractivity contribution >= 4 is 29.3 Å². The van der Waals surface area contributed by atoms with Crippen LogP contribution in [0.1, 0.15) is 40.7 Å². The van der Waals surface area contributed by atoms with Gasteiger partial charge in [-0.1, -0.05) is 11.6 Å². The molecule has 0 aliphatic rings. The van der Waals surface area contributed by atoms with Gasteiger partial charge in [-0.25, -0.2) is 15.0 Å². The Bertz CT molecular complexity index is 1180. The van der Waals surface area contributed by atoms with Crippen LogP contribution in [0.3, 0.4) is 0 Å². The van der Waals surface area contributed by atoms with Gasteiger partial charge in [0.1, 0.15) is 23.9 Å². The van der Waals surface area contributed by atoms with E-state index in [1.807, 2.05) is 6.07 Å². The second kappa shape index (κ2) is 8.91. The van der Waals surface area contributed by atoms with E-state index in [1.165, 1.54) is 23.1 Å². The number of thioether (sulfide) groups is 1. The fraction of sp³-hybridized carbons (Fsp3) is 0.222. The zero-order valence-electron chi connectivity index (χ0n) is 16.0. The number of aromatic nitrogens is 5. The highest BCUT2D eigenvalue weighted by Crippen LogP contribution is 2.38. The number of halogens is 4. The normalized spacial score (nSPS) is 12.3. The first-order valence-corrected chi connectivity index (χ1v) is 9.78. The first-order valence-electron chi connectivity index (χ1n) is 8.59. The van der Waals surface area contributed by atoms with Gasteiger partial charge >= 0.3 is 5.51 Å². The van der Waals surface area contributed by atoms with Gasteiger partial charge in [-0.05, 0) is 43.8 Å². The van der Waals surface area contributed by atoms with Crippen molar-refractivity contribution in [2.75, 3.05) is 0 Å². The summed E-state index contributed by atoms with van der Waals surface area (Å²) in [5.41, 5.74) is -4.43. The highest BCUT2D eigenvalue weighted by molar-refractivity contribution is 8.00. The zero-order chi connectivity index (χ0) is 22.8. The third-order valence-corrected chi connectivity index (χ3v) is 4.75. The lowest BCUT2D eigenvalue weighted by molar-refractivity contribution is -0.0328. The summed E-state index contributed by atoms with van der Waals surface area (Å²) in [5.74, 6) is 0.321. The Morgan fingerprint density at radius 2 is 2.03 bits per heavy atom. The van der Waals surface area contributed by atoms with Crippen molar-refractivity contribution in [3.05, 3.63) is 58.5 Å². The Labute approximate surface area is 183 Å². The van der Waals surface area contributed by atoms with Crippen molar-refractivity contribution in [2.45, 2.75) is 30.3 Å². The molecule has 3 rings (SSSR count). The summed E-state index contributed by atoms with van der Waals surface area (Å²) >= 11 is 5.52. The van der Waals surface area contributed by atoms with E-state index in [-0.39, 0.29) is 38.8 Å². The smallest absolute Gasteiger partial charge is 0.342 e. The molecule has 0 saturated carbocycles. The molecule has 160 valence electrons. The SMILES string of the molecule is Cc1nc([C@H](C)NC(=O)c2cc(Cl)cc(SC(F)(F)F)c2)n(-c2cc(C#N)ncn2)n1. The van der Waals surface area contributed by atoms with E-state index in [0.717, 1.165) is 12.1 Å². The fourth-order valence-corrected chi connectivity index (χ4v) is 3.57. The minimum absolute atomic E-state index is 0.00363. The molecule has 1 N–H and O–H groups in total. The summed E-state index contributed by atoms with van der Waals surface area (Å²) in [6, 6.07) is 6.10. The van der Waals surface area contributed by atoms with E-state index < -0.39 is 17.5 Å². The topological polar surface area (TPSA) is 109 Å². The highest BCUT2D eigenvalue weighted by Gasteiger charge is 2.30. The third-order valence-electron chi connectivity index (χ3n) is 3.82. The van der Waals surface area contributed by atoms with Crippen molar-refractivity contribution in [1.82, 2.24) is 30.0 Å². The number of amides is 1. The van der Waals surface area contributed by atoms with Crippen molar-refractivity contribution < 1.29 is 18.0 Å². The minimum atomic E-state index is -4.51. The lowest BCUT2D eigenvalue weighted by Gasteiger charge is -2.15. The Kier molecular flexibility index (Phi) is 6.47.